The number of carbonyl (C=O) groups excluding carboxylic acids is 1. The van der Waals surface area contributed by atoms with E-state index in [1.54, 1.807) is 4.90 Å². The fourth-order valence-electron chi connectivity index (χ4n) is 1.74. The fraction of sp³-hybridized carbons (Fsp3) is 0.417. The Kier molecular flexibility index (Phi) is 3.58. The number of β-amino-alcohol motifs (C(OH)–C–C–N with tert-alkyl or cyclic N) is 1. The predicted octanol–water partition coefficient (Wildman–Crippen LogP) is 0.798. The zero-order valence-corrected chi connectivity index (χ0v) is 9.30. The number of carbonyl (C=O) groups is 1. The highest BCUT2D eigenvalue weighted by molar-refractivity contribution is 5.78. The van der Waals surface area contributed by atoms with Crippen molar-refractivity contribution in [2.45, 2.75) is 12.5 Å². The summed E-state index contributed by atoms with van der Waals surface area (Å²) >= 11 is 0. The molecule has 0 unspecified atom stereocenters. The second-order valence-electron chi connectivity index (χ2n) is 4.02. The molecule has 0 radical (unpaired) electrons. The Morgan fingerprint density at radius 2 is 2.18 bits per heavy atom. The molecule has 0 aliphatic carbocycles. The molecule has 1 fully saturated rings. The SMILES string of the molecule is O=C(COc1ccc(F)cc1)N1CC[C@H](O)C1. The average molecular weight is 239 g/mol. The number of hydrogen-bond acceptors (Lipinski definition) is 3. The number of ether oxygens (including phenoxy) is 1. The van der Waals surface area contributed by atoms with Crippen LogP contribution in [-0.2, 0) is 4.79 Å². The van der Waals surface area contributed by atoms with Crippen LogP contribution in [0.2, 0.25) is 0 Å². The van der Waals surface area contributed by atoms with Crippen LogP contribution < -0.4 is 4.74 Å². The largest absolute Gasteiger partial charge is 0.484 e. The number of aliphatic hydroxyl groups is 1. The maximum Gasteiger partial charge on any atom is 0.260 e. The molecule has 0 saturated carbocycles. The Morgan fingerprint density at radius 1 is 1.47 bits per heavy atom. The van der Waals surface area contributed by atoms with E-state index in [-0.39, 0.29) is 18.3 Å². The number of hydrogen-bond donors (Lipinski definition) is 1. The first-order valence-corrected chi connectivity index (χ1v) is 5.49. The zero-order chi connectivity index (χ0) is 12.3. The standard InChI is InChI=1S/C12H14FNO3/c13-9-1-3-11(4-2-9)17-8-12(16)14-6-5-10(15)7-14/h1-4,10,15H,5-8H2/t10-/m0/s1. The first-order chi connectivity index (χ1) is 8.15. The molecule has 4 nitrogen and oxygen atoms in total. The van der Waals surface area contributed by atoms with E-state index >= 15 is 0 Å². The van der Waals surface area contributed by atoms with Crippen LogP contribution in [0.15, 0.2) is 24.3 Å². The minimum absolute atomic E-state index is 0.0850. The fourth-order valence-corrected chi connectivity index (χ4v) is 1.74. The highest BCUT2D eigenvalue weighted by Crippen LogP contribution is 2.12. The second-order valence-corrected chi connectivity index (χ2v) is 4.02. The summed E-state index contributed by atoms with van der Waals surface area (Å²) in [5.74, 6) is -0.0447. The van der Waals surface area contributed by atoms with Crippen molar-refractivity contribution < 1.29 is 19.0 Å². The number of halogens is 1. The summed E-state index contributed by atoms with van der Waals surface area (Å²) < 4.78 is 17.8. The molecule has 1 aromatic rings. The van der Waals surface area contributed by atoms with Gasteiger partial charge in [-0.25, -0.2) is 4.39 Å². The summed E-state index contributed by atoms with van der Waals surface area (Å²) in [6, 6.07) is 5.50. The first kappa shape index (κ1) is 11.9. The summed E-state index contributed by atoms with van der Waals surface area (Å²) in [6.07, 6.45) is 0.187. The number of likely N-dealkylation sites (tertiary alicyclic amines) is 1. The van der Waals surface area contributed by atoms with Gasteiger partial charge in [0.15, 0.2) is 6.61 Å². The van der Waals surface area contributed by atoms with Crippen molar-refractivity contribution in [2.75, 3.05) is 19.7 Å². The van der Waals surface area contributed by atoms with Gasteiger partial charge >= 0.3 is 0 Å². The lowest BCUT2D eigenvalue weighted by molar-refractivity contribution is -0.132. The molecule has 1 aromatic carbocycles. The molecule has 92 valence electrons. The Bertz CT molecular complexity index is 393. The van der Waals surface area contributed by atoms with Crippen molar-refractivity contribution in [3.8, 4) is 5.75 Å². The molecule has 0 spiro atoms. The lowest BCUT2D eigenvalue weighted by atomic mass is 10.3. The number of amides is 1. The molecular weight excluding hydrogens is 225 g/mol. The van der Waals surface area contributed by atoms with E-state index < -0.39 is 6.10 Å². The van der Waals surface area contributed by atoms with Gasteiger partial charge in [0.05, 0.1) is 6.10 Å². The van der Waals surface area contributed by atoms with Crippen LogP contribution in [0.3, 0.4) is 0 Å². The van der Waals surface area contributed by atoms with Gasteiger partial charge in [0.1, 0.15) is 11.6 Å². The first-order valence-electron chi connectivity index (χ1n) is 5.49. The molecule has 0 aromatic heterocycles. The molecular formula is C12H14FNO3. The molecule has 1 saturated heterocycles. The van der Waals surface area contributed by atoms with Gasteiger partial charge in [-0.1, -0.05) is 0 Å². The van der Waals surface area contributed by atoms with E-state index in [0.717, 1.165) is 0 Å². The predicted molar refractivity (Wildman–Crippen MR) is 59.1 cm³/mol. The number of aliphatic hydroxyl groups excluding tert-OH is 1. The molecule has 1 amide bonds. The Hall–Kier alpha value is -1.62. The third-order valence-electron chi connectivity index (χ3n) is 2.69. The minimum Gasteiger partial charge on any atom is -0.484 e. The van der Waals surface area contributed by atoms with E-state index in [9.17, 15) is 14.3 Å². The summed E-state index contributed by atoms with van der Waals surface area (Å²) in [5.41, 5.74) is 0. The minimum atomic E-state index is -0.426. The molecule has 1 aliphatic rings. The molecule has 1 N–H and O–H groups in total. The lowest BCUT2D eigenvalue weighted by Gasteiger charge is -2.15. The van der Waals surface area contributed by atoms with Crippen molar-refractivity contribution in [1.82, 2.24) is 4.90 Å². The Balaban J connectivity index is 1.82. The monoisotopic (exact) mass is 239 g/mol. The number of rotatable bonds is 3. The summed E-state index contributed by atoms with van der Waals surface area (Å²) in [6.45, 7) is 0.844. The molecule has 5 heteroatoms. The van der Waals surface area contributed by atoms with Gasteiger partial charge in [0.2, 0.25) is 0 Å². The van der Waals surface area contributed by atoms with Gasteiger partial charge in [-0.2, -0.15) is 0 Å². The molecule has 0 bridgehead atoms. The van der Waals surface area contributed by atoms with Gasteiger partial charge in [-0.15, -0.1) is 0 Å². The van der Waals surface area contributed by atoms with Gasteiger partial charge in [-0.05, 0) is 30.7 Å². The summed E-state index contributed by atoms with van der Waals surface area (Å²) in [7, 11) is 0. The van der Waals surface area contributed by atoms with Gasteiger partial charge in [0.25, 0.3) is 5.91 Å². The maximum absolute atomic E-state index is 12.6. The van der Waals surface area contributed by atoms with Gasteiger partial charge in [0, 0.05) is 13.1 Å². The third kappa shape index (κ3) is 3.17. The number of nitrogens with zero attached hydrogens (tertiary/aromatic N) is 1. The smallest absolute Gasteiger partial charge is 0.260 e. The van der Waals surface area contributed by atoms with Crippen molar-refractivity contribution in [2.24, 2.45) is 0 Å². The van der Waals surface area contributed by atoms with Crippen molar-refractivity contribution >= 4 is 5.91 Å². The van der Waals surface area contributed by atoms with Crippen molar-refractivity contribution in [1.29, 1.82) is 0 Å². The third-order valence-corrected chi connectivity index (χ3v) is 2.69. The second kappa shape index (κ2) is 5.14. The maximum atomic E-state index is 12.6. The quantitative estimate of drug-likeness (QED) is 0.848. The van der Waals surface area contributed by atoms with Crippen LogP contribution in [0.1, 0.15) is 6.42 Å². The average Bonchev–Trinajstić information content (AvgIpc) is 2.75. The summed E-state index contributed by atoms with van der Waals surface area (Å²) in [4.78, 5) is 13.2. The topological polar surface area (TPSA) is 49.8 Å². The van der Waals surface area contributed by atoms with Crippen LogP contribution in [0, 0.1) is 5.82 Å². The molecule has 17 heavy (non-hydrogen) atoms. The normalized spacial score (nSPS) is 19.4. The molecule has 2 rings (SSSR count). The van der Waals surface area contributed by atoms with Crippen molar-refractivity contribution in [3.63, 3.8) is 0 Å². The molecule has 1 heterocycles. The van der Waals surface area contributed by atoms with Crippen LogP contribution in [0.5, 0.6) is 5.75 Å². The van der Waals surface area contributed by atoms with E-state index in [1.807, 2.05) is 0 Å². The van der Waals surface area contributed by atoms with E-state index in [4.69, 9.17) is 4.74 Å². The Labute approximate surface area is 98.6 Å². The van der Waals surface area contributed by atoms with Crippen LogP contribution in [0.25, 0.3) is 0 Å². The van der Waals surface area contributed by atoms with E-state index in [0.29, 0.717) is 25.3 Å². The Morgan fingerprint density at radius 3 is 2.76 bits per heavy atom. The number of benzene rings is 1. The van der Waals surface area contributed by atoms with Crippen LogP contribution >= 0.6 is 0 Å². The highest BCUT2D eigenvalue weighted by Gasteiger charge is 2.24. The molecule has 1 atom stereocenters. The van der Waals surface area contributed by atoms with E-state index in [1.165, 1.54) is 24.3 Å². The van der Waals surface area contributed by atoms with E-state index in [2.05, 4.69) is 0 Å². The van der Waals surface area contributed by atoms with Gasteiger partial charge < -0.3 is 14.7 Å². The summed E-state index contributed by atoms with van der Waals surface area (Å²) in [5, 5.41) is 9.29. The van der Waals surface area contributed by atoms with Crippen LogP contribution in [-0.4, -0.2) is 41.7 Å². The van der Waals surface area contributed by atoms with Crippen LogP contribution in [0.4, 0.5) is 4.39 Å². The lowest BCUT2D eigenvalue weighted by Crippen LogP contribution is -2.33. The van der Waals surface area contributed by atoms with Crippen molar-refractivity contribution in [3.05, 3.63) is 30.1 Å². The highest BCUT2D eigenvalue weighted by atomic mass is 19.1. The zero-order valence-electron chi connectivity index (χ0n) is 9.30. The molecule has 1 aliphatic heterocycles. The van der Waals surface area contributed by atoms with Gasteiger partial charge in [-0.3, -0.25) is 4.79 Å².